The van der Waals surface area contributed by atoms with Gasteiger partial charge in [-0.15, -0.1) is 0 Å². The van der Waals surface area contributed by atoms with Gasteiger partial charge in [-0.2, -0.15) is 0 Å². The molecular formula is C22H29NO5. The smallest absolute Gasteiger partial charge is 0.261 e. The number of methoxy groups -OCH3 is 3. The van der Waals surface area contributed by atoms with Crippen molar-refractivity contribution < 1.29 is 23.7 Å². The second kappa shape index (κ2) is 9.35. The molecule has 0 saturated carbocycles. The van der Waals surface area contributed by atoms with Crippen LogP contribution in [-0.4, -0.2) is 33.3 Å². The summed E-state index contributed by atoms with van der Waals surface area (Å²) in [6, 6.07) is 7.65. The molecule has 1 N–H and O–H groups in total. The van der Waals surface area contributed by atoms with E-state index in [1.54, 1.807) is 34.3 Å². The predicted molar refractivity (Wildman–Crippen MR) is 109 cm³/mol. The fraction of sp³-hybridized carbons (Fsp3) is 0.409. The van der Waals surface area contributed by atoms with Crippen molar-refractivity contribution in [3.8, 4) is 23.0 Å². The Morgan fingerprint density at radius 2 is 1.64 bits per heavy atom. The van der Waals surface area contributed by atoms with Crippen LogP contribution in [0.2, 0.25) is 0 Å². The highest BCUT2D eigenvalue weighted by atomic mass is 16.5. The first-order valence-electron chi connectivity index (χ1n) is 9.12. The number of ether oxygens (including phenoxy) is 4. The van der Waals surface area contributed by atoms with Crippen molar-refractivity contribution in [3.63, 3.8) is 0 Å². The molecule has 6 heteroatoms. The summed E-state index contributed by atoms with van der Waals surface area (Å²) in [5.74, 6) is 2.10. The lowest BCUT2D eigenvalue weighted by molar-refractivity contribution is -0.127. The molecule has 2 rings (SSSR count). The Morgan fingerprint density at radius 1 is 0.964 bits per heavy atom. The molecule has 0 aliphatic rings. The zero-order valence-electron chi connectivity index (χ0n) is 17.6. The molecule has 0 unspecified atom stereocenters. The van der Waals surface area contributed by atoms with E-state index in [9.17, 15) is 4.79 Å². The molecule has 1 amide bonds. The van der Waals surface area contributed by atoms with Crippen molar-refractivity contribution in [2.75, 3.05) is 21.3 Å². The molecule has 28 heavy (non-hydrogen) atoms. The van der Waals surface area contributed by atoms with Crippen LogP contribution >= 0.6 is 0 Å². The van der Waals surface area contributed by atoms with Gasteiger partial charge in [0.25, 0.3) is 5.91 Å². The number of aryl methyl sites for hydroxylation is 2. The van der Waals surface area contributed by atoms with Gasteiger partial charge in [0.1, 0.15) is 5.75 Å². The largest absolute Gasteiger partial charge is 0.493 e. The maximum atomic E-state index is 12.5. The number of carbonyl (C=O) groups excluding carboxylic acids is 1. The molecule has 6 nitrogen and oxygen atoms in total. The maximum absolute atomic E-state index is 12.5. The fourth-order valence-corrected chi connectivity index (χ4v) is 3.00. The minimum atomic E-state index is -0.633. The first-order valence-corrected chi connectivity index (χ1v) is 9.12. The average molecular weight is 387 g/mol. The summed E-state index contributed by atoms with van der Waals surface area (Å²) < 4.78 is 22.0. The third kappa shape index (κ3) is 4.68. The van der Waals surface area contributed by atoms with E-state index < -0.39 is 6.10 Å². The number of carbonyl (C=O) groups is 1. The molecule has 0 aromatic heterocycles. The number of nitrogens with one attached hydrogen (secondary N) is 1. The van der Waals surface area contributed by atoms with E-state index in [1.807, 2.05) is 32.9 Å². The topological polar surface area (TPSA) is 66.0 Å². The van der Waals surface area contributed by atoms with E-state index in [0.717, 1.165) is 28.0 Å². The van der Waals surface area contributed by atoms with Gasteiger partial charge in [-0.25, -0.2) is 0 Å². The number of amides is 1. The van der Waals surface area contributed by atoms with Crippen molar-refractivity contribution in [2.24, 2.45) is 0 Å². The molecule has 0 fully saturated rings. The van der Waals surface area contributed by atoms with E-state index in [1.165, 1.54) is 0 Å². The van der Waals surface area contributed by atoms with E-state index in [4.69, 9.17) is 18.9 Å². The van der Waals surface area contributed by atoms with Crippen LogP contribution in [0.4, 0.5) is 0 Å². The van der Waals surface area contributed by atoms with Gasteiger partial charge in [0.15, 0.2) is 17.6 Å². The van der Waals surface area contributed by atoms with Crippen LogP contribution in [0.1, 0.15) is 29.2 Å². The van der Waals surface area contributed by atoms with Crippen molar-refractivity contribution in [1.29, 1.82) is 0 Å². The summed E-state index contributed by atoms with van der Waals surface area (Å²) in [5.41, 5.74) is 4.05. The summed E-state index contributed by atoms with van der Waals surface area (Å²) in [7, 11) is 4.66. The summed E-state index contributed by atoms with van der Waals surface area (Å²) in [6.45, 7) is 8.04. The normalized spacial score (nSPS) is 11.5. The highest BCUT2D eigenvalue weighted by Gasteiger charge is 2.19. The van der Waals surface area contributed by atoms with E-state index in [2.05, 4.69) is 11.4 Å². The van der Waals surface area contributed by atoms with Crippen molar-refractivity contribution >= 4 is 5.91 Å². The first kappa shape index (κ1) is 21.4. The zero-order valence-corrected chi connectivity index (χ0v) is 17.6. The zero-order chi connectivity index (χ0) is 20.8. The van der Waals surface area contributed by atoms with Gasteiger partial charge >= 0.3 is 0 Å². The van der Waals surface area contributed by atoms with Crippen LogP contribution in [0.3, 0.4) is 0 Å². The third-order valence-electron chi connectivity index (χ3n) is 4.68. The maximum Gasteiger partial charge on any atom is 0.261 e. The van der Waals surface area contributed by atoms with E-state index in [0.29, 0.717) is 17.2 Å². The van der Waals surface area contributed by atoms with E-state index >= 15 is 0 Å². The molecule has 0 heterocycles. The summed E-state index contributed by atoms with van der Waals surface area (Å²) in [6.07, 6.45) is -0.633. The lowest BCUT2D eigenvalue weighted by Gasteiger charge is -2.19. The predicted octanol–water partition coefficient (Wildman–Crippen LogP) is 3.72. The molecule has 2 aromatic rings. The van der Waals surface area contributed by atoms with Crippen molar-refractivity contribution in [1.82, 2.24) is 5.32 Å². The van der Waals surface area contributed by atoms with Gasteiger partial charge in [-0.05, 0) is 62.6 Å². The molecule has 0 saturated heterocycles. The molecular weight excluding hydrogens is 358 g/mol. The van der Waals surface area contributed by atoms with Crippen LogP contribution in [0.25, 0.3) is 0 Å². The van der Waals surface area contributed by atoms with Gasteiger partial charge in [-0.1, -0.05) is 6.07 Å². The lowest BCUT2D eigenvalue weighted by atomic mass is 10.1. The molecule has 152 valence electrons. The van der Waals surface area contributed by atoms with Crippen LogP contribution in [0, 0.1) is 20.8 Å². The second-order valence-electron chi connectivity index (χ2n) is 6.68. The van der Waals surface area contributed by atoms with Gasteiger partial charge in [0, 0.05) is 12.1 Å². The highest BCUT2D eigenvalue weighted by Crippen LogP contribution is 2.39. The second-order valence-corrected chi connectivity index (χ2v) is 6.68. The molecule has 0 bridgehead atoms. The SMILES string of the molecule is COc1ccc(CNC(=O)[C@@H](C)Oc2cc(C)cc(C)c2C)c(OC)c1OC. The Kier molecular flexibility index (Phi) is 7.15. The van der Waals surface area contributed by atoms with Gasteiger partial charge in [-0.3, -0.25) is 4.79 Å². The van der Waals surface area contributed by atoms with Gasteiger partial charge < -0.3 is 24.3 Å². The lowest BCUT2D eigenvalue weighted by Crippen LogP contribution is -2.36. The minimum Gasteiger partial charge on any atom is -0.493 e. The summed E-state index contributed by atoms with van der Waals surface area (Å²) in [5, 5.41) is 2.89. The number of benzene rings is 2. The fourth-order valence-electron chi connectivity index (χ4n) is 3.00. The van der Waals surface area contributed by atoms with Crippen LogP contribution in [0.5, 0.6) is 23.0 Å². The van der Waals surface area contributed by atoms with Crippen molar-refractivity contribution in [2.45, 2.75) is 40.3 Å². The Morgan fingerprint density at radius 3 is 2.25 bits per heavy atom. The Hall–Kier alpha value is -2.89. The Bertz CT molecular complexity index is 847. The first-order chi connectivity index (χ1) is 13.3. The van der Waals surface area contributed by atoms with E-state index in [-0.39, 0.29) is 12.5 Å². The Balaban J connectivity index is 2.10. The number of rotatable bonds is 8. The number of hydrogen-bond donors (Lipinski definition) is 1. The molecule has 0 radical (unpaired) electrons. The molecule has 2 aromatic carbocycles. The molecule has 1 atom stereocenters. The summed E-state index contributed by atoms with van der Waals surface area (Å²) >= 11 is 0. The van der Waals surface area contributed by atoms with Crippen LogP contribution in [-0.2, 0) is 11.3 Å². The van der Waals surface area contributed by atoms with Crippen LogP contribution in [0.15, 0.2) is 24.3 Å². The third-order valence-corrected chi connectivity index (χ3v) is 4.68. The summed E-state index contributed by atoms with van der Waals surface area (Å²) in [4.78, 5) is 12.5. The highest BCUT2D eigenvalue weighted by molar-refractivity contribution is 5.80. The monoisotopic (exact) mass is 387 g/mol. The number of hydrogen-bond acceptors (Lipinski definition) is 5. The quantitative estimate of drug-likeness (QED) is 0.748. The van der Waals surface area contributed by atoms with Crippen molar-refractivity contribution in [3.05, 3.63) is 46.5 Å². The van der Waals surface area contributed by atoms with Crippen LogP contribution < -0.4 is 24.3 Å². The van der Waals surface area contributed by atoms with Gasteiger partial charge in [0.05, 0.1) is 21.3 Å². The van der Waals surface area contributed by atoms with Gasteiger partial charge in [0.2, 0.25) is 5.75 Å². The molecule has 0 aliphatic carbocycles. The minimum absolute atomic E-state index is 0.213. The average Bonchev–Trinajstić information content (AvgIpc) is 2.68. The molecule has 0 aliphatic heterocycles. The Labute approximate surface area is 166 Å². The molecule has 0 spiro atoms. The standard InChI is InChI=1S/C22H29NO5/c1-13-10-14(2)15(3)19(11-13)28-16(4)22(24)23-12-17-8-9-18(25-5)21(27-7)20(17)26-6/h8-11,16H,12H2,1-7H3,(H,23,24)/t16-/m1/s1.